The Morgan fingerprint density at radius 3 is 2.55 bits per heavy atom. The van der Waals surface area contributed by atoms with E-state index in [4.69, 9.17) is 4.74 Å². The minimum Gasteiger partial charge on any atom is -0.593 e. The fourth-order valence-corrected chi connectivity index (χ4v) is 6.13. The monoisotopic (exact) mass is 548 g/mol. The summed E-state index contributed by atoms with van der Waals surface area (Å²) in [6, 6.07) is 7.40. The molecule has 1 saturated heterocycles. The van der Waals surface area contributed by atoms with Gasteiger partial charge in [-0.15, -0.1) is 4.31 Å². The maximum absolute atomic E-state index is 14.2. The summed E-state index contributed by atoms with van der Waals surface area (Å²) in [5, 5.41) is 0. The second-order valence-corrected chi connectivity index (χ2v) is 10.00. The summed E-state index contributed by atoms with van der Waals surface area (Å²) in [4.78, 5) is 14.0. The van der Waals surface area contributed by atoms with Crippen LogP contribution in [0.4, 0.5) is 19.3 Å². The number of amides is 1. The van der Waals surface area contributed by atoms with Crippen molar-refractivity contribution in [2.45, 2.75) is 30.4 Å². The standard InChI is InChI=1S/C19H16Br2F2N2O3S/c20-12-1-2-17-11(7-12)10-28-19(26)25(17)14-3-5-24(6-4-14)29(27)18-15(21)8-13(22)9-16(18)23/h1-2,7-9,14H,3-6,10H2. The number of carbonyl (C=O) groups excluding carboxylic acids is 1. The van der Waals surface area contributed by atoms with Crippen molar-refractivity contribution in [3.05, 3.63) is 56.5 Å². The van der Waals surface area contributed by atoms with Gasteiger partial charge in [0.2, 0.25) is 4.90 Å². The summed E-state index contributed by atoms with van der Waals surface area (Å²) in [6.07, 6.45) is 0.708. The molecule has 0 radical (unpaired) electrons. The van der Waals surface area contributed by atoms with Gasteiger partial charge in [0.05, 0.1) is 21.5 Å². The number of anilines is 1. The third-order valence-corrected chi connectivity index (χ3v) is 7.99. The van der Waals surface area contributed by atoms with E-state index in [9.17, 15) is 18.1 Å². The summed E-state index contributed by atoms with van der Waals surface area (Å²) in [6.45, 7) is 1.02. The lowest BCUT2D eigenvalue weighted by Gasteiger charge is -2.39. The van der Waals surface area contributed by atoms with Gasteiger partial charge in [0.15, 0.2) is 5.82 Å². The molecule has 2 aliphatic rings. The summed E-state index contributed by atoms with van der Waals surface area (Å²) >= 11 is 4.75. The Hall–Kier alpha value is -1.20. The lowest BCUT2D eigenvalue weighted by atomic mass is 10.0. The largest absolute Gasteiger partial charge is 0.593 e. The SMILES string of the molecule is O=C1OCc2cc(Br)ccc2N1C1CCN([S+]([O-])c2c(F)cc(F)cc2Br)CC1. The van der Waals surface area contributed by atoms with Crippen LogP contribution in [0.25, 0.3) is 0 Å². The minimum atomic E-state index is -1.77. The van der Waals surface area contributed by atoms with Gasteiger partial charge < -0.3 is 9.29 Å². The van der Waals surface area contributed by atoms with Crippen LogP contribution in [0, 0.1) is 11.6 Å². The zero-order chi connectivity index (χ0) is 20.7. The number of benzene rings is 2. The average molecular weight is 550 g/mol. The quantitative estimate of drug-likeness (QED) is 0.498. The van der Waals surface area contributed by atoms with Crippen molar-refractivity contribution >= 4 is 55.0 Å². The number of carbonyl (C=O) groups is 1. The molecule has 0 spiro atoms. The van der Waals surface area contributed by atoms with E-state index in [2.05, 4.69) is 31.9 Å². The molecule has 10 heteroatoms. The van der Waals surface area contributed by atoms with E-state index in [-0.39, 0.29) is 22.0 Å². The summed E-state index contributed by atoms with van der Waals surface area (Å²) in [7, 11) is 0. The van der Waals surface area contributed by atoms with Crippen LogP contribution in [0.3, 0.4) is 0 Å². The number of piperidine rings is 1. The van der Waals surface area contributed by atoms with Gasteiger partial charge in [0.1, 0.15) is 12.4 Å². The van der Waals surface area contributed by atoms with Gasteiger partial charge in [-0.25, -0.2) is 13.6 Å². The van der Waals surface area contributed by atoms with Gasteiger partial charge in [-0.2, -0.15) is 0 Å². The molecule has 0 saturated carbocycles. The zero-order valence-electron chi connectivity index (χ0n) is 15.0. The van der Waals surface area contributed by atoms with Crippen LogP contribution < -0.4 is 4.90 Å². The smallest absolute Gasteiger partial charge is 0.414 e. The topological polar surface area (TPSA) is 55.8 Å². The predicted molar refractivity (Wildman–Crippen MR) is 112 cm³/mol. The lowest BCUT2D eigenvalue weighted by Crippen LogP contribution is -2.50. The van der Waals surface area contributed by atoms with Crippen LogP contribution in [0.2, 0.25) is 0 Å². The summed E-state index contributed by atoms with van der Waals surface area (Å²) in [5.41, 5.74) is 1.73. The number of cyclic esters (lactones) is 1. The van der Waals surface area contributed by atoms with Crippen molar-refractivity contribution in [2.24, 2.45) is 0 Å². The van der Waals surface area contributed by atoms with Gasteiger partial charge in [0, 0.05) is 35.2 Å². The van der Waals surface area contributed by atoms with Gasteiger partial charge in [-0.1, -0.05) is 15.9 Å². The molecule has 1 fully saturated rings. The van der Waals surface area contributed by atoms with Gasteiger partial charge in [-0.3, -0.25) is 4.90 Å². The highest BCUT2D eigenvalue weighted by molar-refractivity contribution is 9.10. The zero-order valence-corrected chi connectivity index (χ0v) is 19.0. The summed E-state index contributed by atoms with van der Waals surface area (Å²) < 4.78 is 48.3. The van der Waals surface area contributed by atoms with Crippen molar-refractivity contribution < 1.29 is 22.9 Å². The Morgan fingerprint density at radius 2 is 1.86 bits per heavy atom. The molecule has 2 aliphatic heterocycles. The number of nitrogens with zero attached hydrogens (tertiary/aromatic N) is 2. The van der Waals surface area contributed by atoms with Gasteiger partial charge in [-0.05, 0) is 53.0 Å². The van der Waals surface area contributed by atoms with Crippen molar-refractivity contribution in [3.8, 4) is 0 Å². The number of hydrogen-bond acceptors (Lipinski definition) is 4. The molecule has 2 aromatic rings. The van der Waals surface area contributed by atoms with Crippen LogP contribution in [-0.2, 0) is 22.7 Å². The van der Waals surface area contributed by atoms with Crippen LogP contribution in [0.1, 0.15) is 18.4 Å². The normalized spacial score (nSPS) is 19.1. The van der Waals surface area contributed by atoms with Crippen molar-refractivity contribution in [1.29, 1.82) is 0 Å². The number of halogens is 4. The van der Waals surface area contributed by atoms with Crippen molar-refractivity contribution in [3.63, 3.8) is 0 Å². The van der Waals surface area contributed by atoms with E-state index in [0.717, 1.165) is 27.9 Å². The molecule has 4 rings (SSSR count). The van der Waals surface area contributed by atoms with Crippen LogP contribution in [0.15, 0.2) is 44.2 Å². The number of fused-ring (bicyclic) bond motifs is 1. The van der Waals surface area contributed by atoms with E-state index in [0.29, 0.717) is 25.9 Å². The highest BCUT2D eigenvalue weighted by Crippen LogP contribution is 2.35. The van der Waals surface area contributed by atoms with Crippen LogP contribution >= 0.6 is 31.9 Å². The van der Waals surface area contributed by atoms with Crippen LogP contribution in [0.5, 0.6) is 0 Å². The Balaban J connectivity index is 1.50. The van der Waals surface area contributed by atoms with E-state index in [1.165, 1.54) is 0 Å². The molecule has 0 bridgehead atoms. The second-order valence-electron chi connectivity index (χ2n) is 6.81. The number of rotatable bonds is 3. The first-order chi connectivity index (χ1) is 13.8. The molecule has 1 amide bonds. The number of ether oxygens (including phenoxy) is 1. The average Bonchev–Trinajstić information content (AvgIpc) is 2.67. The molecule has 29 heavy (non-hydrogen) atoms. The molecular weight excluding hydrogens is 534 g/mol. The van der Waals surface area contributed by atoms with E-state index in [1.807, 2.05) is 18.2 Å². The molecule has 1 atom stereocenters. The Labute approximate surface area is 186 Å². The molecule has 1 unspecified atom stereocenters. The molecule has 2 aromatic carbocycles. The van der Waals surface area contributed by atoms with Gasteiger partial charge in [0.25, 0.3) is 0 Å². The third-order valence-electron chi connectivity index (χ3n) is 5.01. The minimum absolute atomic E-state index is 0.0718. The third kappa shape index (κ3) is 4.18. The maximum atomic E-state index is 14.2. The Bertz CT molecular complexity index is 934. The van der Waals surface area contributed by atoms with Gasteiger partial charge >= 0.3 is 6.09 Å². The molecular formula is C19H16Br2F2N2O3S. The molecule has 0 N–H and O–H groups in total. The maximum Gasteiger partial charge on any atom is 0.414 e. The fourth-order valence-electron chi connectivity index (χ4n) is 3.65. The van der Waals surface area contributed by atoms with E-state index < -0.39 is 29.1 Å². The molecule has 154 valence electrons. The second kappa shape index (κ2) is 8.50. The fraction of sp³-hybridized carbons (Fsp3) is 0.316. The van der Waals surface area contributed by atoms with E-state index >= 15 is 0 Å². The highest BCUT2D eigenvalue weighted by Gasteiger charge is 2.38. The Kier molecular flexibility index (Phi) is 6.17. The van der Waals surface area contributed by atoms with Crippen molar-refractivity contribution in [2.75, 3.05) is 18.0 Å². The molecule has 0 aromatic heterocycles. The van der Waals surface area contributed by atoms with Crippen LogP contribution in [-0.4, -0.2) is 34.1 Å². The molecule has 2 heterocycles. The van der Waals surface area contributed by atoms with E-state index in [1.54, 1.807) is 9.21 Å². The molecule has 0 aliphatic carbocycles. The molecule has 5 nitrogen and oxygen atoms in total. The lowest BCUT2D eigenvalue weighted by molar-refractivity contribution is 0.135. The Morgan fingerprint density at radius 1 is 1.14 bits per heavy atom. The first kappa shape index (κ1) is 21.0. The predicted octanol–water partition coefficient (Wildman–Crippen LogP) is 5.13. The highest BCUT2D eigenvalue weighted by atomic mass is 79.9. The first-order valence-electron chi connectivity index (χ1n) is 8.91. The number of hydrogen-bond donors (Lipinski definition) is 0. The summed E-state index contributed by atoms with van der Waals surface area (Å²) in [5.74, 6) is -1.58. The van der Waals surface area contributed by atoms with Crippen molar-refractivity contribution in [1.82, 2.24) is 4.31 Å². The first-order valence-corrected chi connectivity index (χ1v) is 11.6.